The standard InChI is InChI=1S/C13H20NO4P/c1-4-11(15)14(7-9-17-12(16)5-2)8-10-18-13(19)6-3/h4-6,13H,1-3,7-10,19H2. The van der Waals surface area contributed by atoms with Crippen molar-refractivity contribution in [2.75, 3.05) is 26.3 Å². The van der Waals surface area contributed by atoms with E-state index in [2.05, 4.69) is 29.0 Å². The number of carbonyl (C=O) groups excluding carboxylic acids is 2. The van der Waals surface area contributed by atoms with Gasteiger partial charge in [-0.15, -0.1) is 15.8 Å². The van der Waals surface area contributed by atoms with E-state index in [1.54, 1.807) is 6.08 Å². The molecule has 0 saturated heterocycles. The molecule has 0 aliphatic heterocycles. The molecule has 0 aromatic heterocycles. The Kier molecular flexibility index (Phi) is 9.67. The number of amides is 1. The van der Waals surface area contributed by atoms with E-state index in [1.807, 2.05) is 0 Å². The zero-order chi connectivity index (χ0) is 14.7. The molecule has 0 aliphatic rings. The molecule has 0 N–H and O–H groups in total. The third-order valence-corrected chi connectivity index (χ3v) is 2.63. The van der Waals surface area contributed by atoms with Crippen molar-refractivity contribution in [3.8, 4) is 0 Å². The van der Waals surface area contributed by atoms with Gasteiger partial charge in [0.05, 0.1) is 19.0 Å². The first kappa shape index (κ1) is 17.6. The van der Waals surface area contributed by atoms with Gasteiger partial charge in [0.2, 0.25) is 5.91 Å². The van der Waals surface area contributed by atoms with Gasteiger partial charge in [-0.3, -0.25) is 4.79 Å². The Morgan fingerprint density at radius 3 is 2.32 bits per heavy atom. The summed E-state index contributed by atoms with van der Waals surface area (Å²) in [5.41, 5.74) is 0. The van der Waals surface area contributed by atoms with Crippen LogP contribution in [0.15, 0.2) is 38.0 Å². The van der Waals surface area contributed by atoms with Gasteiger partial charge in [0.15, 0.2) is 0 Å². The second-order valence-corrected chi connectivity index (χ2v) is 4.13. The van der Waals surface area contributed by atoms with Crippen LogP contribution >= 0.6 is 9.24 Å². The molecule has 2 atom stereocenters. The fourth-order valence-electron chi connectivity index (χ4n) is 1.14. The van der Waals surface area contributed by atoms with Gasteiger partial charge in [0.25, 0.3) is 0 Å². The van der Waals surface area contributed by atoms with E-state index < -0.39 is 5.97 Å². The summed E-state index contributed by atoms with van der Waals surface area (Å²) in [6.45, 7) is 11.4. The molecule has 0 aromatic carbocycles. The second-order valence-electron chi connectivity index (χ2n) is 3.47. The minimum atomic E-state index is -0.515. The lowest BCUT2D eigenvalue weighted by atomic mass is 10.4. The van der Waals surface area contributed by atoms with Crippen LogP contribution < -0.4 is 0 Å². The second kappa shape index (κ2) is 10.5. The highest BCUT2D eigenvalue weighted by Gasteiger charge is 2.11. The van der Waals surface area contributed by atoms with Gasteiger partial charge in [-0.05, 0) is 6.08 Å². The van der Waals surface area contributed by atoms with Crippen LogP contribution in [0, 0.1) is 0 Å². The molecule has 2 unspecified atom stereocenters. The predicted octanol–water partition coefficient (Wildman–Crippen LogP) is 1.13. The minimum absolute atomic E-state index is 0.107. The molecule has 0 spiro atoms. The van der Waals surface area contributed by atoms with Crippen LogP contribution in [0.3, 0.4) is 0 Å². The lowest BCUT2D eigenvalue weighted by molar-refractivity contribution is -0.140. The summed E-state index contributed by atoms with van der Waals surface area (Å²) in [4.78, 5) is 23.9. The third-order valence-electron chi connectivity index (χ3n) is 2.16. The monoisotopic (exact) mass is 285 g/mol. The molecule has 0 aliphatic carbocycles. The van der Waals surface area contributed by atoms with E-state index in [0.29, 0.717) is 13.2 Å². The Hall–Kier alpha value is -1.45. The van der Waals surface area contributed by atoms with Crippen molar-refractivity contribution in [1.29, 1.82) is 0 Å². The van der Waals surface area contributed by atoms with Crippen molar-refractivity contribution in [2.45, 2.75) is 5.85 Å². The summed E-state index contributed by atoms with van der Waals surface area (Å²) < 4.78 is 10.2. The first-order valence-corrected chi connectivity index (χ1v) is 6.42. The van der Waals surface area contributed by atoms with Crippen molar-refractivity contribution in [2.24, 2.45) is 0 Å². The maximum absolute atomic E-state index is 11.6. The van der Waals surface area contributed by atoms with Crippen LogP contribution in [0.4, 0.5) is 0 Å². The van der Waals surface area contributed by atoms with Crippen LogP contribution in [0.25, 0.3) is 0 Å². The highest BCUT2D eigenvalue weighted by molar-refractivity contribution is 7.17. The molecular formula is C13H20NO4P. The first-order chi connectivity index (χ1) is 9.04. The maximum Gasteiger partial charge on any atom is 0.330 e. The van der Waals surface area contributed by atoms with E-state index in [4.69, 9.17) is 9.47 Å². The fraction of sp³-hybridized carbons (Fsp3) is 0.385. The lowest BCUT2D eigenvalue weighted by Gasteiger charge is -2.21. The lowest BCUT2D eigenvalue weighted by Crippen LogP contribution is -2.36. The number of nitrogens with zero attached hydrogens (tertiary/aromatic N) is 1. The SMILES string of the molecule is C=CC(=O)OCCN(CCOC(P)C=C)C(=O)C=C. The van der Waals surface area contributed by atoms with Crippen LogP contribution in [-0.2, 0) is 19.1 Å². The Balaban J connectivity index is 4.12. The largest absolute Gasteiger partial charge is 0.461 e. The summed E-state index contributed by atoms with van der Waals surface area (Å²) >= 11 is 0. The molecule has 106 valence electrons. The van der Waals surface area contributed by atoms with Crippen molar-refractivity contribution in [3.05, 3.63) is 38.0 Å². The fourth-order valence-corrected chi connectivity index (χ4v) is 1.28. The molecule has 19 heavy (non-hydrogen) atoms. The zero-order valence-corrected chi connectivity index (χ0v) is 12.1. The third kappa shape index (κ3) is 8.30. The summed E-state index contributed by atoms with van der Waals surface area (Å²) in [7, 11) is 2.46. The summed E-state index contributed by atoms with van der Waals surface area (Å²) in [6, 6.07) is 0. The molecular weight excluding hydrogens is 265 g/mol. The smallest absolute Gasteiger partial charge is 0.330 e. The molecule has 5 nitrogen and oxygen atoms in total. The van der Waals surface area contributed by atoms with Crippen LogP contribution in [-0.4, -0.2) is 48.9 Å². The molecule has 0 radical (unpaired) electrons. The summed E-state index contributed by atoms with van der Waals surface area (Å²) in [6.07, 6.45) is 3.92. The van der Waals surface area contributed by atoms with Gasteiger partial charge < -0.3 is 14.4 Å². The van der Waals surface area contributed by atoms with E-state index in [1.165, 1.54) is 11.0 Å². The highest BCUT2D eigenvalue weighted by Crippen LogP contribution is 2.03. The molecule has 6 heteroatoms. The van der Waals surface area contributed by atoms with E-state index in [-0.39, 0.29) is 24.9 Å². The summed E-state index contributed by atoms with van der Waals surface area (Å²) in [5, 5.41) is 0. The molecule has 0 heterocycles. The van der Waals surface area contributed by atoms with Gasteiger partial charge in [-0.2, -0.15) is 0 Å². The number of rotatable bonds is 10. The minimum Gasteiger partial charge on any atom is -0.461 e. The van der Waals surface area contributed by atoms with Crippen molar-refractivity contribution in [3.63, 3.8) is 0 Å². The Labute approximate surface area is 116 Å². The van der Waals surface area contributed by atoms with Gasteiger partial charge in [0.1, 0.15) is 6.61 Å². The molecule has 0 fully saturated rings. The van der Waals surface area contributed by atoms with Crippen LogP contribution in [0.1, 0.15) is 0 Å². The van der Waals surface area contributed by atoms with Gasteiger partial charge in [0, 0.05) is 12.6 Å². The zero-order valence-electron chi connectivity index (χ0n) is 10.9. The normalized spacial score (nSPS) is 11.2. The van der Waals surface area contributed by atoms with Gasteiger partial charge in [-0.1, -0.05) is 19.2 Å². The average Bonchev–Trinajstić information content (AvgIpc) is 2.44. The van der Waals surface area contributed by atoms with Gasteiger partial charge >= 0.3 is 5.97 Å². The molecule has 0 saturated carbocycles. The Bertz CT molecular complexity index is 344. The van der Waals surface area contributed by atoms with Crippen LogP contribution in [0.5, 0.6) is 0 Å². The number of hydrogen-bond donors (Lipinski definition) is 0. The quantitative estimate of drug-likeness (QED) is 0.261. The van der Waals surface area contributed by atoms with Gasteiger partial charge in [-0.25, -0.2) is 4.79 Å². The van der Waals surface area contributed by atoms with Crippen molar-refractivity contribution < 1.29 is 19.1 Å². The maximum atomic E-state index is 11.6. The Morgan fingerprint density at radius 1 is 1.16 bits per heavy atom. The number of hydrogen-bond acceptors (Lipinski definition) is 4. The predicted molar refractivity (Wildman–Crippen MR) is 77.6 cm³/mol. The molecule has 1 amide bonds. The van der Waals surface area contributed by atoms with Crippen molar-refractivity contribution >= 4 is 21.1 Å². The molecule has 0 bridgehead atoms. The van der Waals surface area contributed by atoms with E-state index >= 15 is 0 Å². The number of ether oxygens (including phenoxy) is 2. The Morgan fingerprint density at radius 2 is 1.79 bits per heavy atom. The number of esters is 1. The highest BCUT2D eigenvalue weighted by atomic mass is 31.0. The van der Waals surface area contributed by atoms with Crippen molar-refractivity contribution in [1.82, 2.24) is 4.90 Å². The number of carbonyl (C=O) groups is 2. The molecule has 0 rings (SSSR count). The summed E-state index contributed by atoms with van der Waals surface area (Å²) in [5.74, 6) is -0.907. The molecule has 0 aromatic rings. The first-order valence-electron chi connectivity index (χ1n) is 5.75. The average molecular weight is 285 g/mol. The topological polar surface area (TPSA) is 55.8 Å². The van der Waals surface area contributed by atoms with Crippen LogP contribution in [0.2, 0.25) is 0 Å². The van der Waals surface area contributed by atoms with E-state index in [9.17, 15) is 9.59 Å². The van der Waals surface area contributed by atoms with E-state index in [0.717, 1.165) is 6.08 Å².